The van der Waals surface area contributed by atoms with E-state index in [2.05, 4.69) is 40.6 Å². The van der Waals surface area contributed by atoms with Crippen molar-refractivity contribution in [3.8, 4) is 5.75 Å². The van der Waals surface area contributed by atoms with Crippen LogP contribution >= 0.6 is 0 Å². The molecule has 3 aromatic rings. The number of nitrogens with zero attached hydrogens (tertiary/aromatic N) is 1. The molecule has 1 fully saturated rings. The van der Waals surface area contributed by atoms with Gasteiger partial charge in [0.2, 0.25) is 5.91 Å². The minimum Gasteiger partial charge on any atom is -0.497 e. The molecule has 1 N–H and O–H groups in total. The quantitative estimate of drug-likeness (QED) is 0.740. The van der Waals surface area contributed by atoms with Gasteiger partial charge in [-0.1, -0.05) is 36.4 Å². The number of benzene rings is 2. The van der Waals surface area contributed by atoms with Gasteiger partial charge in [0.15, 0.2) is 0 Å². The molecule has 0 spiro atoms. The standard InChI is InChI=1S/C22H22N2O2/c1-26-18-9-7-15(8-10-18)19-14-20(19)22(25)24-13-11-17-5-2-4-16-6-3-12-23-21(16)17/h2-10,12,19-20H,11,13-14H2,1H3,(H,24,25)/t19-,20-/m0/s1. The van der Waals surface area contributed by atoms with Crippen molar-refractivity contribution in [1.82, 2.24) is 10.3 Å². The molecular formula is C22H22N2O2. The van der Waals surface area contributed by atoms with Gasteiger partial charge in [0.1, 0.15) is 5.75 Å². The van der Waals surface area contributed by atoms with Crippen molar-refractivity contribution in [3.63, 3.8) is 0 Å². The monoisotopic (exact) mass is 346 g/mol. The largest absolute Gasteiger partial charge is 0.497 e. The van der Waals surface area contributed by atoms with Crippen LogP contribution in [0.1, 0.15) is 23.5 Å². The lowest BCUT2D eigenvalue weighted by atomic mass is 10.1. The maximum absolute atomic E-state index is 12.4. The van der Waals surface area contributed by atoms with Gasteiger partial charge in [0.25, 0.3) is 0 Å². The number of hydrogen-bond acceptors (Lipinski definition) is 3. The molecule has 1 aliphatic rings. The van der Waals surface area contributed by atoms with E-state index in [-0.39, 0.29) is 11.8 Å². The fourth-order valence-electron chi connectivity index (χ4n) is 3.52. The van der Waals surface area contributed by atoms with Crippen molar-refractivity contribution < 1.29 is 9.53 Å². The molecule has 0 bridgehead atoms. The number of ether oxygens (including phenoxy) is 1. The number of amides is 1. The van der Waals surface area contributed by atoms with E-state index in [1.165, 1.54) is 11.1 Å². The minimum absolute atomic E-state index is 0.0917. The third kappa shape index (κ3) is 3.40. The maximum atomic E-state index is 12.4. The highest BCUT2D eigenvalue weighted by molar-refractivity contribution is 5.83. The first-order chi connectivity index (χ1) is 12.8. The van der Waals surface area contributed by atoms with Crippen LogP contribution in [0.5, 0.6) is 5.75 Å². The Bertz CT molecular complexity index is 916. The van der Waals surface area contributed by atoms with Gasteiger partial charge >= 0.3 is 0 Å². The molecule has 1 saturated carbocycles. The predicted octanol–water partition coefficient (Wildman–Crippen LogP) is 3.71. The molecular weight excluding hydrogens is 324 g/mol. The van der Waals surface area contributed by atoms with E-state index in [0.29, 0.717) is 12.5 Å². The highest BCUT2D eigenvalue weighted by Gasteiger charge is 2.43. The Morgan fingerprint density at radius 3 is 2.77 bits per heavy atom. The second-order valence-corrected chi connectivity index (χ2v) is 6.76. The summed E-state index contributed by atoms with van der Waals surface area (Å²) in [7, 11) is 1.66. The first kappa shape index (κ1) is 16.6. The van der Waals surface area contributed by atoms with Crippen LogP contribution in [0.2, 0.25) is 0 Å². The Labute approximate surface area is 153 Å². The summed E-state index contributed by atoms with van der Waals surface area (Å²) in [4.78, 5) is 16.9. The molecule has 0 saturated heterocycles. The van der Waals surface area contributed by atoms with E-state index < -0.39 is 0 Å². The zero-order valence-electron chi connectivity index (χ0n) is 14.8. The third-order valence-corrected chi connectivity index (χ3v) is 5.08. The minimum atomic E-state index is 0.0917. The normalized spacial score (nSPS) is 18.5. The summed E-state index contributed by atoms with van der Waals surface area (Å²) in [6, 6.07) is 18.2. The van der Waals surface area contributed by atoms with Gasteiger partial charge in [0.05, 0.1) is 12.6 Å². The van der Waals surface area contributed by atoms with Gasteiger partial charge < -0.3 is 10.1 Å². The van der Waals surface area contributed by atoms with E-state index in [1.54, 1.807) is 7.11 Å². The van der Waals surface area contributed by atoms with Crippen LogP contribution in [0.3, 0.4) is 0 Å². The fraction of sp³-hybridized carbons (Fsp3) is 0.273. The number of nitrogens with one attached hydrogen (secondary N) is 1. The SMILES string of the molecule is COc1ccc([C@@H]2C[C@@H]2C(=O)NCCc2cccc3cccnc23)cc1. The predicted molar refractivity (Wildman–Crippen MR) is 102 cm³/mol. The van der Waals surface area contributed by atoms with E-state index in [1.807, 2.05) is 30.5 Å². The van der Waals surface area contributed by atoms with Crippen molar-refractivity contribution in [2.24, 2.45) is 5.92 Å². The molecule has 132 valence electrons. The van der Waals surface area contributed by atoms with Crippen LogP contribution < -0.4 is 10.1 Å². The van der Waals surface area contributed by atoms with E-state index >= 15 is 0 Å². The number of pyridine rings is 1. The molecule has 0 unspecified atom stereocenters. The Balaban J connectivity index is 1.32. The van der Waals surface area contributed by atoms with Gasteiger partial charge in [0, 0.05) is 24.0 Å². The van der Waals surface area contributed by atoms with Crippen LogP contribution in [0, 0.1) is 5.92 Å². The lowest BCUT2D eigenvalue weighted by molar-refractivity contribution is -0.122. The molecule has 4 heteroatoms. The lowest BCUT2D eigenvalue weighted by Gasteiger charge is -2.08. The smallest absolute Gasteiger partial charge is 0.223 e. The first-order valence-corrected chi connectivity index (χ1v) is 9.00. The van der Waals surface area contributed by atoms with Crippen molar-refractivity contribution in [2.75, 3.05) is 13.7 Å². The highest BCUT2D eigenvalue weighted by Crippen LogP contribution is 2.47. The number of rotatable bonds is 6. The summed E-state index contributed by atoms with van der Waals surface area (Å²) in [5.74, 6) is 1.42. The van der Waals surface area contributed by atoms with Crippen LogP contribution in [-0.4, -0.2) is 24.5 Å². The zero-order valence-corrected chi connectivity index (χ0v) is 14.8. The number of hydrogen-bond donors (Lipinski definition) is 1. The van der Waals surface area contributed by atoms with Crippen molar-refractivity contribution in [3.05, 3.63) is 71.9 Å². The molecule has 1 aliphatic carbocycles. The number of carbonyl (C=O) groups excluding carboxylic acids is 1. The maximum Gasteiger partial charge on any atom is 0.223 e. The Morgan fingerprint density at radius 2 is 1.96 bits per heavy atom. The number of carbonyl (C=O) groups is 1. The summed E-state index contributed by atoms with van der Waals surface area (Å²) in [5.41, 5.74) is 3.40. The summed E-state index contributed by atoms with van der Waals surface area (Å²) >= 11 is 0. The Kier molecular flexibility index (Phi) is 4.57. The van der Waals surface area contributed by atoms with Crippen molar-refractivity contribution in [2.45, 2.75) is 18.8 Å². The average Bonchev–Trinajstić information content (AvgIpc) is 3.49. The summed E-state index contributed by atoms with van der Waals surface area (Å²) in [6.45, 7) is 0.639. The number of methoxy groups -OCH3 is 1. The highest BCUT2D eigenvalue weighted by atomic mass is 16.5. The summed E-state index contributed by atoms with van der Waals surface area (Å²) in [6.07, 6.45) is 3.53. The van der Waals surface area contributed by atoms with Crippen molar-refractivity contribution in [1.29, 1.82) is 0 Å². The molecule has 0 aliphatic heterocycles. The summed E-state index contributed by atoms with van der Waals surface area (Å²) in [5, 5.41) is 4.23. The number of fused-ring (bicyclic) bond motifs is 1. The van der Waals surface area contributed by atoms with Gasteiger partial charge in [-0.15, -0.1) is 0 Å². The molecule has 4 nitrogen and oxygen atoms in total. The Hall–Kier alpha value is -2.88. The first-order valence-electron chi connectivity index (χ1n) is 9.00. The molecule has 1 aromatic heterocycles. The average molecular weight is 346 g/mol. The van der Waals surface area contributed by atoms with E-state index in [9.17, 15) is 4.79 Å². The summed E-state index contributed by atoms with van der Waals surface area (Å²) < 4.78 is 5.18. The molecule has 2 aromatic carbocycles. The number of aromatic nitrogens is 1. The number of para-hydroxylation sites is 1. The molecule has 1 amide bonds. The third-order valence-electron chi connectivity index (χ3n) is 5.08. The van der Waals surface area contributed by atoms with Gasteiger partial charge in [-0.3, -0.25) is 9.78 Å². The van der Waals surface area contributed by atoms with Gasteiger partial charge in [-0.25, -0.2) is 0 Å². The van der Waals surface area contributed by atoms with Crippen LogP contribution in [0.15, 0.2) is 60.8 Å². The second kappa shape index (κ2) is 7.16. The molecule has 1 heterocycles. The van der Waals surface area contributed by atoms with Gasteiger partial charge in [-0.05, 0) is 48.1 Å². The van der Waals surface area contributed by atoms with E-state index in [4.69, 9.17) is 4.74 Å². The van der Waals surface area contributed by atoms with Crippen LogP contribution in [-0.2, 0) is 11.2 Å². The zero-order chi connectivity index (χ0) is 17.9. The molecule has 2 atom stereocenters. The van der Waals surface area contributed by atoms with E-state index in [0.717, 1.165) is 29.5 Å². The Morgan fingerprint density at radius 1 is 1.15 bits per heavy atom. The van der Waals surface area contributed by atoms with Gasteiger partial charge in [-0.2, -0.15) is 0 Å². The lowest BCUT2D eigenvalue weighted by Crippen LogP contribution is -2.27. The molecule has 26 heavy (non-hydrogen) atoms. The van der Waals surface area contributed by atoms with Crippen LogP contribution in [0.25, 0.3) is 10.9 Å². The molecule has 4 rings (SSSR count). The topological polar surface area (TPSA) is 51.2 Å². The van der Waals surface area contributed by atoms with Crippen LogP contribution in [0.4, 0.5) is 0 Å². The fourth-order valence-corrected chi connectivity index (χ4v) is 3.52. The molecule has 0 radical (unpaired) electrons. The van der Waals surface area contributed by atoms with Crippen molar-refractivity contribution >= 4 is 16.8 Å². The second-order valence-electron chi connectivity index (χ2n) is 6.76.